The number of hydrogen-bond donors (Lipinski definition) is 1. The molecule has 0 saturated heterocycles. The summed E-state index contributed by atoms with van der Waals surface area (Å²) in [4.78, 5) is 11.9. The van der Waals surface area contributed by atoms with E-state index in [4.69, 9.17) is 0 Å². The monoisotopic (exact) mass is 210 g/mol. The molecule has 0 fully saturated rings. The average molecular weight is 210 g/mol. The van der Waals surface area contributed by atoms with E-state index in [0.717, 1.165) is 12.8 Å². The van der Waals surface area contributed by atoms with E-state index in [1.807, 2.05) is 6.92 Å². The van der Waals surface area contributed by atoms with Gasteiger partial charge in [-0.1, -0.05) is 19.4 Å². The zero-order valence-corrected chi connectivity index (χ0v) is 10.2. The molecule has 0 radical (unpaired) electrons. The number of hydrogen-bond acceptors (Lipinski definition) is 2. The third-order valence-electron chi connectivity index (χ3n) is 3.28. The highest BCUT2D eigenvalue weighted by molar-refractivity contribution is 5.93. The van der Waals surface area contributed by atoms with E-state index in [0.29, 0.717) is 6.42 Å². The Morgan fingerprint density at radius 2 is 2.20 bits per heavy atom. The van der Waals surface area contributed by atoms with Crippen LogP contribution in [0.15, 0.2) is 11.6 Å². The largest absolute Gasteiger partial charge is 0.393 e. The van der Waals surface area contributed by atoms with Gasteiger partial charge in [0.05, 0.1) is 6.10 Å². The van der Waals surface area contributed by atoms with Crippen molar-refractivity contribution in [2.75, 3.05) is 0 Å². The highest BCUT2D eigenvalue weighted by atomic mass is 16.3. The predicted octanol–water partition coefficient (Wildman–Crippen LogP) is 2.71. The van der Waals surface area contributed by atoms with E-state index in [1.54, 1.807) is 13.0 Å². The molecule has 86 valence electrons. The van der Waals surface area contributed by atoms with Crippen molar-refractivity contribution in [1.29, 1.82) is 0 Å². The average Bonchev–Trinajstić information content (AvgIpc) is 1.98. The lowest BCUT2D eigenvalue weighted by atomic mass is 9.67. The van der Waals surface area contributed by atoms with E-state index in [-0.39, 0.29) is 23.2 Å². The minimum absolute atomic E-state index is 0.0464. The first-order chi connectivity index (χ1) is 6.83. The molecule has 0 spiro atoms. The minimum atomic E-state index is -0.305. The van der Waals surface area contributed by atoms with Gasteiger partial charge in [-0.3, -0.25) is 4.79 Å². The highest BCUT2D eigenvalue weighted by Crippen LogP contribution is 2.40. The molecule has 0 aromatic heterocycles. The smallest absolute Gasteiger partial charge is 0.159 e. The molecule has 1 aliphatic rings. The van der Waals surface area contributed by atoms with Gasteiger partial charge in [0.25, 0.3) is 0 Å². The van der Waals surface area contributed by atoms with Crippen LogP contribution in [0.4, 0.5) is 0 Å². The molecule has 0 amide bonds. The maximum atomic E-state index is 11.9. The Morgan fingerprint density at radius 1 is 1.60 bits per heavy atom. The van der Waals surface area contributed by atoms with Crippen molar-refractivity contribution in [3.63, 3.8) is 0 Å². The lowest BCUT2D eigenvalue weighted by Gasteiger charge is -2.36. The molecule has 1 aliphatic carbocycles. The van der Waals surface area contributed by atoms with Gasteiger partial charge in [0, 0.05) is 5.92 Å². The van der Waals surface area contributed by atoms with Crippen molar-refractivity contribution in [3.05, 3.63) is 11.6 Å². The summed E-state index contributed by atoms with van der Waals surface area (Å²) in [6.07, 6.45) is 3.97. The lowest BCUT2D eigenvalue weighted by molar-refractivity contribution is -0.123. The van der Waals surface area contributed by atoms with Crippen molar-refractivity contribution >= 4 is 5.78 Å². The Balaban J connectivity index is 2.73. The molecule has 2 heteroatoms. The number of carbonyl (C=O) groups excluding carboxylic acids is 1. The van der Waals surface area contributed by atoms with Crippen LogP contribution in [0.2, 0.25) is 0 Å². The molecule has 0 aromatic carbocycles. The molecule has 2 nitrogen and oxygen atoms in total. The van der Waals surface area contributed by atoms with Gasteiger partial charge in [0.15, 0.2) is 5.78 Å². The first-order valence-electron chi connectivity index (χ1n) is 5.72. The van der Waals surface area contributed by atoms with E-state index in [1.165, 1.54) is 5.57 Å². The number of ketones is 1. The van der Waals surface area contributed by atoms with Crippen LogP contribution in [-0.2, 0) is 4.79 Å². The number of carbonyl (C=O) groups is 1. The zero-order chi connectivity index (χ0) is 11.6. The molecule has 1 rings (SSSR count). The second-order valence-electron chi connectivity index (χ2n) is 5.54. The summed E-state index contributed by atoms with van der Waals surface area (Å²) < 4.78 is 0. The molecule has 0 bridgehead atoms. The van der Waals surface area contributed by atoms with Crippen LogP contribution in [-0.4, -0.2) is 17.0 Å². The van der Waals surface area contributed by atoms with Gasteiger partial charge in [0.2, 0.25) is 0 Å². The summed E-state index contributed by atoms with van der Waals surface area (Å²) in [5, 5.41) is 9.26. The van der Waals surface area contributed by atoms with Crippen LogP contribution in [0, 0.1) is 11.3 Å². The molecule has 1 N–H and O–H groups in total. The van der Waals surface area contributed by atoms with Gasteiger partial charge in [-0.05, 0) is 44.6 Å². The van der Waals surface area contributed by atoms with Gasteiger partial charge >= 0.3 is 0 Å². The number of rotatable bonds is 3. The molecule has 2 atom stereocenters. The van der Waals surface area contributed by atoms with Crippen molar-refractivity contribution in [2.24, 2.45) is 11.3 Å². The van der Waals surface area contributed by atoms with E-state index < -0.39 is 0 Å². The Labute approximate surface area is 92.4 Å². The number of aliphatic hydroxyl groups excluding tert-OH is 1. The van der Waals surface area contributed by atoms with Crippen LogP contribution in [0.25, 0.3) is 0 Å². The molecule has 0 heterocycles. The molecule has 15 heavy (non-hydrogen) atoms. The molecule has 0 aliphatic heterocycles. The van der Waals surface area contributed by atoms with Crippen molar-refractivity contribution in [3.8, 4) is 0 Å². The number of allylic oxidation sites excluding steroid dienone is 2. The first-order valence-corrected chi connectivity index (χ1v) is 5.72. The van der Waals surface area contributed by atoms with Gasteiger partial charge in [-0.25, -0.2) is 0 Å². The quantitative estimate of drug-likeness (QED) is 0.777. The van der Waals surface area contributed by atoms with E-state index >= 15 is 0 Å². The second-order valence-corrected chi connectivity index (χ2v) is 5.54. The summed E-state index contributed by atoms with van der Waals surface area (Å²) in [5.41, 5.74) is 1.23. The summed E-state index contributed by atoms with van der Waals surface area (Å²) in [6, 6.07) is 0. The van der Waals surface area contributed by atoms with Crippen molar-refractivity contribution in [2.45, 2.75) is 53.1 Å². The fourth-order valence-corrected chi connectivity index (χ4v) is 2.56. The van der Waals surface area contributed by atoms with Crippen molar-refractivity contribution in [1.82, 2.24) is 0 Å². The Bertz CT molecular complexity index is 274. The summed E-state index contributed by atoms with van der Waals surface area (Å²) in [7, 11) is 0. The van der Waals surface area contributed by atoms with Crippen LogP contribution in [0.5, 0.6) is 0 Å². The molecule has 0 aromatic rings. The van der Waals surface area contributed by atoms with E-state index in [9.17, 15) is 9.90 Å². The Kier molecular flexibility index (Phi) is 3.72. The van der Waals surface area contributed by atoms with Gasteiger partial charge in [-0.2, -0.15) is 0 Å². The van der Waals surface area contributed by atoms with Crippen LogP contribution in [0.1, 0.15) is 47.0 Å². The molecular weight excluding hydrogens is 188 g/mol. The normalized spacial score (nSPS) is 27.4. The summed E-state index contributed by atoms with van der Waals surface area (Å²) in [6.45, 7) is 8.09. The van der Waals surface area contributed by atoms with E-state index in [2.05, 4.69) is 13.8 Å². The predicted molar refractivity (Wildman–Crippen MR) is 61.6 cm³/mol. The zero-order valence-electron chi connectivity index (χ0n) is 10.2. The maximum absolute atomic E-state index is 11.9. The second kappa shape index (κ2) is 4.48. The molecule has 0 saturated carbocycles. The minimum Gasteiger partial charge on any atom is -0.393 e. The fraction of sp³-hybridized carbons (Fsp3) is 0.769. The SMILES string of the molecule is CC1=CC(=O)C(CCC(C)O)C(C)(C)C1. The Morgan fingerprint density at radius 3 is 2.67 bits per heavy atom. The third-order valence-corrected chi connectivity index (χ3v) is 3.28. The lowest BCUT2D eigenvalue weighted by Crippen LogP contribution is -2.34. The topological polar surface area (TPSA) is 37.3 Å². The fourth-order valence-electron chi connectivity index (χ4n) is 2.56. The van der Waals surface area contributed by atoms with Gasteiger partial charge < -0.3 is 5.11 Å². The van der Waals surface area contributed by atoms with Crippen molar-refractivity contribution < 1.29 is 9.90 Å². The molecular formula is C13H22O2. The van der Waals surface area contributed by atoms with Crippen LogP contribution < -0.4 is 0 Å². The molecule has 2 unspecified atom stereocenters. The van der Waals surface area contributed by atoms with Gasteiger partial charge in [-0.15, -0.1) is 0 Å². The number of aliphatic hydroxyl groups is 1. The summed E-state index contributed by atoms with van der Waals surface area (Å²) in [5.74, 6) is 0.320. The Hall–Kier alpha value is -0.630. The van der Waals surface area contributed by atoms with Crippen LogP contribution in [0.3, 0.4) is 0 Å². The maximum Gasteiger partial charge on any atom is 0.159 e. The van der Waals surface area contributed by atoms with Crippen LogP contribution >= 0.6 is 0 Å². The standard InChI is InChI=1S/C13H22O2/c1-9-7-12(15)11(6-5-10(2)14)13(3,4)8-9/h7,10-11,14H,5-6,8H2,1-4H3. The summed E-state index contributed by atoms with van der Waals surface area (Å²) >= 11 is 0. The third kappa shape index (κ3) is 3.16. The van der Waals surface area contributed by atoms with Gasteiger partial charge in [0.1, 0.15) is 0 Å². The first kappa shape index (κ1) is 12.4. The highest BCUT2D eigenvalue weighted by Gasteiger charge is 2.36.